The Kier molecular flexibility index (Phi) is 3.29. The number of halogens is 3. The van der Waals surface area contributed by atoms with Gasteiger partial charge < -0.3 is 0 Å². The van der Waals surface area contributed by atoms with Gasteiger partial charge in [-0.05, 0) is 12.8 Å². The lowest BCUT2D eigenvalue weighted by Crippen LogP contribution is -2.30. The van der Waals surface area contributed by atoms with Crippen LogP contribution in [0, 0.1) is 5.92 Å². The van der Waals surface area contributed by atoms with Crippen molar-refractivity contribution in [2.75, 3.05) is 0 Å². The molecular weight excluding hydrogens is 197 g/mol. The van der Waals surface area contributed by atoms with Gasteiger partial charge in [-0.3, -0.25) is 9.59 Å². The summed E-state index contributed by atoms with van der Waals surface area (Å²) < 4.78 is 35.6. The highest BCUT2D eigenvalue weighted by atomic mass is 19.4. The Balaban J connectivity index is 2.55. The topological polar surface area (TPSA) is 34.1 Å². The molecule has 0 amide bonds. The van der Waals surface area contributed by atoms with Gasteiger partial charge in [-0.15, -0.1) is 0 Å². The molecule has 0 N–H and O–H groups in total. The van der Waals surface area contributed by atoms with Crippen LogP contribution in [-0.4, -0.2) is 17.7 Å². The minimum atomic E-state index is -4.49. The molecule has 80 valence electrons. The van der Waals surface area contributed by atoms with Crippen molar-refractivity contribution in [3.8, 4) is 0 Å². The van der Waals surface area contributed by atoms with Crippen molar-refractivity contribution in [3.05, 3.63) is 0 Å². The highest BCUT2D eigenvalue weighted by Gasteiger charge is 2.37. The maximum Gasteiger partial charge on any atom is 0.395 e. The Morgan fingerprint density at radius 1 is 1.36 bits per heavy atom. The fraction of sp³-hybridized carbons (Fsp3) is 0.778. The van der Waals surface area contributed by atoms with Crippen LogP contribution in [0.2, 0.25) is 0 Å². The smallest absolute Gasteiger partial charge is 0.299 e. The molecule has 1 aliphatic carbocycles. The number of Topliss-reactive ketones (excluding diaryl/α,β-unsaturated/α-hetero) is 2. The average molecular weight is 208 g/mol. The number of ketones is 2. The normalized spacial score (nSPS) is 23.6. The van der Waals surface area contributed by atoms with Crippen molar-refractivity contribution >= 4 is 11.6 Å². The molecule has 0 spiro atoms. The van der Waals surface area contributed by atoms with Crippen LogP contribution in [0.4, 0.5) is 13.2 Å². The second-order valence-corrected chi connectivity index (χ2v) is 3.52. The van der Waals surface area contributed by atoms with Gasteiger partial charge in [0.15, 0.2) is 5.78 Å². The molecule has 0 bridgehead atoms. The lowest BCUT2D eigenvalue weighted by Gasteiger charge is -2.19. The standard InChI is InChI=1S/C9H11F3O2/c10-9(11,12)5-8(14)6-3-1-2-4-7(6)13/h6H,1-5H2. The Morgan fingerprint density at radius 2 is 2.00 bits per heavy atom. The van der Waals surface area contributed by atoms with E-state index in [1.165, 1.54) is 0 Å². The van der Waals surface area contributed by atoms with Crippen LogP contribution in [0.3, 0.4) is 0 Å². The van der Waals surface area contributed by atoms with Crippen LogP contribution >= 0.6 is 0 Å². The van der Waals surface area contributed by atoms with Gasteiger partial charge in [-0.2, -0.15) is 13.2 Å². The third-order valence-electron chi connectivity index (χ3n) is 2.32. The van der Waals surface area contributed by atoms with Gasteiger partial charge in [-0.1, -0.05) is 6.42 Å². The number of rotatable bonds is 2. The molecule has 0 heterocycles. The van der Waals surface area contributed by atoms with E-state index in [1.54, 1.807) is 0 Å². The highest BCUT2D eigenvalue weighted by molar-refractivity contribution is 6.02. The van der Waals surface area contributed by atoms with E-state index >= 15 is 0 Å². The van der Waals surface area contributed by atoms with Crippen LogP contribution < -0.4 is 0 Å². The monoisotopic (exact) mass is 208 g/mol. The van der Waals surface area contributed by atoms with Gasteiger partial charge >= 0.3 is 6.18 Å². The van der Waals surface area contributed by atoms with Crippen LogP contribution in [0.25, 0.3) is 0 Å². The van der Waals surface area contributed by atoms with Crippen LogP contribution in [0.5, 0.6) is 0 Å². The van der Waals surface area contributed by atoms with E-state index in [2.05, 4.69) is 0 Å². The molecule has 1 fully saturated rings. The van der Waals surface area contributed by atoms with Crippen molar-refractivity contribution in [3.63, 3.8) is 0 Å². The van der Waals surface area contributed by atoms with Crippen molar-refractivity contribution < 1.29 is 22.8 Å². The van der Waals surface area contributed by atoms with E-state index in [0.717, 1.165) is 0 Å². The molecule has 1 aliphatic rings. The van der Waals surface area contributed by atoms with Gasteiger partial charge in [0.25, 0.3) is 0 Å². The van der Waals surface area contributed by atoms with Crippen molar-refractivity contribution in [1.29, 1.82) is 0 Å². The first-order valence-electron chi connectivity index (χ1n) is 4.52. The maximum atomic E-state index is 11.9. The van der Waals surface area contributed by atoms with Gasteiger partial charge in [0.05, 0.1) is 5.92 Å². The second-order valence-electron chi connectivity index (χ2n) is 3.52. The lowest BCUT2D eigenvalue weighted by atomic mass is 9.84. The summed E-state index contributed by atoms with van der Waals surface area (Å²) in [6, 6.07) is 0. The molecule has 2 nitrogen and oxygen atoms in total. The summed E-state index contributed by atoms with van der Waals surface area (Å²) in [5, 5.41) is 0. The van der Waals surface area contributed by atoms with E-state index < -0.39 is 24.3 Å². The molecule has 0 aromatic carbocycles. The molecule has 0 aromatic heterocycles. The van der Waals surface area contributed by atoms with Gasteiger partial charge in [0.2, 0.25) is 0 Å². The number of hydrogen-bond donors (Lipinski definition) is 0. The first kappa shape index (κ1) is 11.2. The van der Waals surface area contributed by atoms with E-state index in [9.17, 15) is 22.8 Å². The molecule has 0 saturated heterocycles. The second kappa shape index (κ2) is 4.11. The van der Waals surface area contributed by atoms with Crippen LogP contribution in [0.1, 0.15) is 32.1 Å². The van der Waals surface area contributed by atoms with E-state index in [0.29, 0.717) is 12.8 Å². The summed E-state index contributed by atoms with van der Waals surface area (Å²) in [6.45, 7) is 0. The van der Waals surface area contributed by atoms with Gasteiger partial charge in [0.1, 0.15) is 12.2 Å². The van der Waals surface area contributed by atoms with Crippen molar-refractivity contribution in [2.24, 2.45) is 5.92 Å². The lowest BCUT2D eigenvalue weighted by molar-refractivity contribution is -0.157. The predicted molar refractivity (Wildman–Crippen MR) is 42.6 cm³/mol. The van der Waals surface area contributed by atoms with Crippen molar-refractivity contribution in [1.82, 2.24) is 0 Å². The summed E-state index contributed by atoms with van der Waals surface area (Å²) in [5.74, 6) is -2.29. The average Bonchev–Trinajstić information content (AvgIpc) is 2.01. The summed E-state index contributed by atoms with van der Waals surface area (Å²) in [7, 11) is 0. The zero-order valence-electron chi connectivity index (χ0n) is 7.56. The fourth-order valence-corrected chi connectivity index (χ4v) is 1.64. The van der Waals surface area contributed by atoms with Crippen LogP contribution in [0.15, 0.2) is 0 Å². The first-order chi connectivity index (χ1) is 6.40. The minimum absolute atomic E-state index is 0.244. The molecule has 0 aliphatic heterocycles. The fourth-order valence-electron chi connectivity index (χ4n) is 1.64. The Bertz CT molecular complexity index is 245. The highest BCUT2D eigenvalue weighted by Crippen LogP contribution is 2.27. The number of hydrogen-bond acceptors (Lipinski definition) is 2. The zero-order chi connectivity index (χ0) is 10.8. The third-order valence-corrected chi connectivity index (χ3v) is 2.32. The molecular formula is C9H11F3O2. The van der Waals surface area contributed by atoms with E-state index in [1.807, 2.05) is 0 Å². The predicted octanol–water partition coefficient (Wildman–Crippen LogP) is 2.27. The molecule has 1 rings (SSSR count). The Labute approximate surface area is 79.5 Å². The molecule has 1 atom stereocenters. The number of alkyl halides is 3. The summed E-state index contributed by atoms with van der Waals surface area (Å²) >= 11 is 0. The van der Waals surface area contributed by atoms with E-state index in [4.69, 9.17) is 0 Å². The number of carbonyl (C=O) groups excluding carboxylic acids is 2. The summed E-state index contributed by atoms with van der Waals surface area (Å²) in [6.07, 6.45) is -4.07. The van der Waals surface area contributed by atoms with E-state index in [-0.39, 0.29) is 18.6 Å². The Morgan fingerprint density at radius 3 is 2.50 bits per heavy atom. The molecule has 5 heteroatoms. The maximum absolute atomic E-state index is 11.9. The largest absolute Gasteiger partial charge is 0.395 e. The number of carbonyl (C=O) groups is 2. The van der Waals surface area contributed by atoms with Crippen LogP contribution in [-0.2, 0) is 9.59 Å². The summed E-state index contributed by atoms with van der Waals surface area (Å²) in [5.41, 5.74) is 0. The Hall–Kier alpha value is -0.870. The van der Waals surface area contributed by atoms with Gasteiger partial charge in [0, 0.05) is 6.42 Å². The molecule has 0 aromatic rings. The summed E-state index contributed by atoms with van der Waals surface area (Å²) in [4.78, 5) is 22.2. The SMILES string of the molecule is O=C1CCCCC1C(=O)CC(F)(F)F. The zero-order valence-corrected chi connectivity index (χ0v) is 7.56. The molecule has 14 heavy (non-hydrogen) atoms. The first-order valence-corrected chi connectivity index (χ1v) is 4.52. The third kappa shape index (κ3) is 3.12. The van der Waals surface area contributed by atoms with Gasteiger partial charge in [-0.25, -0.2) is 0 Å². The minimum Gasteiger partial charge on any atom is -0.299 e. The quantitative estimate of drug-likeness (QED) is 0.652. The van der Waals surface area contributed by atoms with Crippen molar-refractivity contribution in [2.45, 2.75) is 38.3 Å². The molecule has 1 saturated carbocycles. The molecule has 0 radical (unpaired) electrons. The molecule has 1 unspecified atom stereocenters.